The zero-order valence-corrected chi connectivity index (χ0v) is 13.6. The fourth-order valence-corrected chi connectivity index (χ4v) is 2.56. The summed E-state index contributed by atoms with van der Waals surface area (Å²) in [4.78, 5) is 23.4. The number of halogens is 2. The van der Waals surface area contributed by atoms with Crippen molar-refractivity contribution in [3.63, 3.8) is 0 Å². The Kier molecular flexibility index (Phi) is 6.05. The van der Waals surface area contributed by atoms with Crippen LogP contribution in [0.3, 0.4) is 0 Å². The quantitative estimate of drug-likeness (QED) is 0.751. The summed E-state index contributed by atoms with van der Waals surface area (Å²) in [5.41, 5.74) is 5.60. The van der Waals surface area contributed by atoms with Gasteiger partial charge in [0.15, 0.2) is 0 Å². The minimum absolute atomic E-state index is 0.148. The molecule has 2 rings (SSSR count). The molecule has 0 fully saturated rings. The number of urea groups is 1. The fourth-order valence-electron chi connectivity index (χ4n) is 2.56. The lowest BCUT2D eigenvalue weighted by Crippen LogP contribution is -2.37. The molecule has 5 nitrogen and oxygen atoms in total. The van der Waals surface area contributed by atoms with Gasteiger partial charge in [0, 0.05) is 11.1 Å². The van der Waals surface area contributed by atoms with Crippen molar-refractivity contribution in [1.82, 2.24) is 10.6 Å². The third-order valence-corrected chi connectivity index (χ3v) is 3.74. The molecule has 0 aliphatic carbocycles. The summed E-state index contributed by atoms with van der Waals surface area (Å²) in [7, 11) is 0. The monoisotopic (exact) mass is 347 g/mol. The smallest absolute Gasteiger partial charge is 0.312 e. The predicted molar refractivity (Wildman–Crippen MR) is 89.4 cm³/mol. The SMILES string of the molecule is C[C@@H](NC(=O)C[C@@H](NC(N)=O)c1ccccc1F)c1ccccc1F. The Balaban J connectivity index is 2.11. The van der Waals surface area contributed by atoms with Gasteiger partial charge >= 0.3 is 6.03 Å². The summed E-state index contributed by atoms with van der Waals surface area (Å²) in [6.07, 6.45) is -0.233. The first-order valence-electron chi connectivity index (χ1n) is 7.72. The molecule has 0 spiro atoms. The highest BCUT2D eigenvalue weighted by molar-refractivity contribution is 5.79. The number of benzene rings is 2. The maximum Gasteiger partial charge on any atom is 0.312 e. The third kappa shape index (κ3) is 5.00. The minimum atomic E-state index is -0.925. The average Bonchev–Trinajstić information content (AvgIpc) is 2.54. The van der Waals surface area contributed by atoms with Crippen molar-refractivity contribution in [1.29, 1.82) is 0 Å². The van der Waals surface area contributed by atoms with Gasteiger partial charge in [-0.05, 0) is 19.1 Å². The molecule has 0 aromatic heterocycles. The standard InChI is InChI=1S/C18H19F2N3O2/c1-11(12-6-2-4-8-14(12)19)22-17(24)10-16(23-18(21)25)13-7-3-5-9-15(13)20/h2-9,11,16H,10H2,1H3,(H,22,24)(H3,21,23,25)/t11-,16-/m1/s1. The van der Waals surface area contributed by atoms with E-state index in [1.165, 1.54) is 24.3 Å². The molecule has 7 heteroatoms. The van der Waals surface area contributed by atoms with Crippen LogP contribution < -0.4 is 16.4 Å². The zero-order valence-electron chi connectivity index (χ0n) is 13.6. The van der Waals surface area contributed by atoms with E-state index in [4.69, 9.17) is 5.73 Å². The van der Waals surface area contributed by atoms with E-state index < -0.39 is 35.7 Å². The maximum atomic E-state index is 13.9. The van der Waals surface area contributed by atoms with E-state index in [-0.39, 0.29) is 12.0 Å². The highest BCUT2D eigenvalue weighted by Gasteiger charge is 2.22. The Hall–Kier alpha value is -2.96. The first-order valence-corrected chi connectivity index (χ1v) is 7.72. The molecule has 2 atom stereocenters. The van der Waals surface area contributed by atoms with E-state index in [9.17, 15) is 18.4 Å². The molecule has 0 aliphatic heterocycles. The topological polar surface area (TPSA) is 84.2 Å². The van der Waals surface area contributed by atoms with Gasteiger partial charge in [-0.3, -0.25) is 4.79 Å². The molecular weight excluding hydrogens is 328 g/mol. The molecule has 2 aromatic carbocycles. The summed E-state index contributed by atoms with van der Waals surface area (Å²) in [5, 5.41) is 4.99. The van der Waals surface area contributed by atoms with Gasteiger partial charge in [0.05, 0.1) is 18.5 Å². The molecule has 0 unspecified atom stereocenters. The van der Waals surface area contributed by atoms with Gasteiger partial charge in [0.25, 0.3) is 0 Å². The van der Waals surface area contributed by atoms with Crippen molar-refractivity contribution in [2.24, 2.45) is 5.73 Å². The van der Waals surface area contributed by atoms with E-state index in [0.29, 0.717) is 5.56 Å². The number of carbonyl (C=O) groups excluding carboxylic acids is 2. The molecule has 0 radical (unpaired) electrons. The summed E-state index contributed by atoms with van der Waals surface area (Å²) in [6, 6.07) is 9.49. The van der Waals surface area contributed by atoms with Crippen LogP contribution in [0.5, 0.6) is 0 Å². The van der Waals surface area contributed by atoms with Crippen molar-refractivity contribution in [3.8, 4) is 0 Å². The summed E-state index contributed by atoms with van der Waals surface area (Å²) >= 11 is 0. The fraction of sp³-hybridized carbons (Fsp3) is 0.222. The second kappa shape index (κ2) is 8.23. The van der Waals surface area contributed by atoms with Crippen LogP contribution in [0.1, 0.15) is 36.6 Å². The molecule has 0 bridgehead atoms. The van der Waals surface area contributed by atoms with E-state index in [1.54, 1.807) is 31.2 Å². The van der Waals surface area contributed by atoms with Crippen LogP contribution in [0.25, 0.3) is 0 Å². The van der Waals surface area contributed by atoms with Crippen molar-refractivity contribution in [3.05, 3.63) is 71.3 Å². The predicted octanol–water partition coefficient (Wildman–Crippen LogP) is 2.94. The van der Waals surface area contributed by atoms with Crippen LogP contribution in [-0.4, -0.2) is 11.9 Å². The number of primary amides is 1. The Morgan fingerprint density at radius 1 is 0.960 bits per heavy atom. The molecule has 0 heterocycles. The molecule has 4 N–H and O–H groups in total. The number of hydrogen-bond acceptors (Lipinski definition) is 2. The first-order chi connectivity index (χ1) is 11.9. The van der Waals surface area contributed by atoms with E-state index in [2.05, 4.69) is 10.6 Å². The minimum Gasteiger partial charge on any atom is -0.352 e. The van der Waals surface area contributed by atoms with Crippen molar-refractivity contribution in [2.75, 3.05) is 0 Å². The summed E-state index contributed by atoms with van der Waals surface area (Å²) < 4.78 is 27.7. The molecule has 0 aliphatic rings. The second-order valence-corrected chi connectivity index (χ2v) is 5.60. The molecule has 2 aromatic rings. The van der Waals surface area contributed by atoms with Crippen LogP contribution in [0.15, 0.2) is 48.5 Å². The van der Waals surface area contributed by atoms with Gasteiger partial charge in [-0.1, -0.05) is 36.4 Å². The number of hydrogen-bond donors (Lipinski definition) is 3. The van der Waals surface area contributed by atoms with Gasteiger partial charge in [-0.2, -0.15) is 0 Å². The molecule has 0 saturated carbocycles. The normalized spacial score (nSPS) is 12.9. The molecule has 3 amide bonds. The lowest BCUT2D eigenvalue weighted by Gasteiger charge is -2.20. The van der Waals surface area contributed by atoms with Crippen molar-refractivity contribution >= 4 is 11.9 Å². The molecule has 25 heavy (non-hydrogen) atoms. The Labute approximate surface area is 144 Å². The van der Waals surface area contributed by atoms with Gasteiger partial charge in [0.2, 0.25) is 5.91 Å². The Morgan fingerprint density at radius 2 is 1.48 bits per heavy atom. The van der Waals surface area contributed by atoms with E-state index in [1.807, 2.05) is 0 Å². The van der Waals surface area contributed by atoms with E-state index >= 15 is 0 Å². The van der Waals surface area contributed by atoms with E-state index in [0.717, 1.165) is 0 Å². The van der Waals surface area contributed by atoms with Gasteiger partial charge in [0.1, 0.15) is 11.6 Å². The van der Waals surface area contributed by atoms with Crippen LogP contribution in [0, 0.1) is 11.6 Å². The number of nitrogens with two attached hydrogens (primary N) is 1. The van der Waals surface area contributed by atoms with Crippen LogP contribution >= 0.6 is 0 Å². The first kappa shape index (κ1) is 18.4. The lowest BCUT2D eigenvalue weighted by molar-refractivity contribution is -0.122. The van der Waals surface area contributed by atoms with Crippen molar-refractivity contribution in [2.45, 2.75) is 25.4 Å². The Bertz CT molecular complexity index is 767. The molecule has 132 valence electrons. The Morgan fingerprint density at radius 3 is 2.00 bits per heavy atom. The average molecular weight is 347 g/mol. The van der Waals surface area contributed by atoms with Crippen molar-refractivity contribution < 1.29 is 18.4 Å². The van der Waals surface area contributed by atoms with Gasteiger partial charge in [-0.15, -0.1) is 0 Å². The third-order valence-electron chi connectivity index (χ3n) is 3.74. The highest BCUT2D eigenvalue weighted by Crippen LogP contribution is 2.21. The summed E-state index contributed by atoms with van der Waals surface area (Å²) in [5.74, 6) is -1.47. The molecule has 0 saturated heterocycles. The number of nitrogens with one attached hydrogen (secondary N) is 2. The number of rotatable bonds is 6. The largest absolute Gasteiger partial charge is 0.352 e. The summed E-state index contributed by atoms with van der Waals surface area (Å²) in [6.45, 7) is 1.63. The number of amides is 3. The zero-order chi connectivity index (χ0) is 18.4. The van der Waals surface area contributed by atoms with Crippen LogP contribution in [-0.2, 0) is 4.79 Å². The number of carbonyl (C=O) groups is 2. The molecular formula is C18H19F2N3O2. The maximum absolute atomic E-state index is 13.9. The van der Waals surface area contributed by atoms with Gasteiger partial charge in [-0.25, -0.2) is 13.6 Å². The lowest BCUT2D eigenvalue weighted by atomic mass is 10.0. The highest BCUT2D eigenvalue weighted by atomic mass is 19.1. The van der Waals surface area contributed by atoms with Crippen LogP contribution in [0.2, 0.25) is 0 Å². The van der Waals surface area contributed by atoms with Gasteiger partial charge < -0.3 is 16.4 Å². The van der Waals surface area contributed by atoms with Crippen LogP contribution in [0.4, 0.5) is 13.6 Å². The second-order valence-electron chi connectivity index (χ2n) is 5.60.